The van der Waals surface area contributed by atoms with Crippen LogP contribution >= 0.6 is 0 Å². The Hall–Kier alpha value is -1.79. The molecular weight excluding hydrogens is 236 g/mol. The fraction of sp³-hybridized carbons (Fsp3) is 0.417. The van der Waals surface area contributed by atoms with Gasteiger partial charge in [0.05, 0.1) is 0 Å². The zero-order chi connectivity index (χ0) is 14.3. The largest absolute Gasteiger partial charge is 0.504 e. The van der Waals surface area contributed by atoms with E-state index >= 15 is 0 Å². The molecule has 1 rings (SSSR count). The van der Waals surface area contributed by atoms with Gasteiger partial charge in [-0.2, -0.15) is 0 Å². The summed E-state index contributed by atoms with van der Waals surface area (Å²) >= 11 is 0. The third-order valence-corrected chi connectivity index (χ3v) is 2.39. The molecule has 1 aromatic carbocycles. The van der Waals surface area contributed by atoms with Crippen molar-refractivity contribution in [2.24, 2.45) is 5.84 Å². The summed E-state index contributed by atoms with van der Waals surface area (Å²) in [6, 6.07) is 4.12. The van der Waals surface area contributed by atoms with E-state index in [-0.39, 0.29) is 17.9 Å². The second kappa shape index (κ2) is 6.83. The molecule has 6 N–H and O–H groups in total. The number of carbonyl (C=O) groups is 1. The number of nitrogens with one attached hydrogen (secondary N) is 1. The summed E-state index contributed by atoms with van der Waals surface area (Å²) in [7, 11) is 0. The van der Waals surface area contributed by atoms with Gasteiger partial charge in [0.15, 0.2) is 11.5 Å². The molecule has 0 aliphatic carbocycles. The Morgan fingerprint density at radius 1 is 1.33 bits per heavy atom. The van der Waals surface area contributed by atoms with E-state index in [2.05, 4.69) is 5.43 Å². The molecule has 0 saturated heterocycles. The van der Waals surface area contributed by atoms with E-state index in [9.17, 15) is 9.90 Å². The molecule has 0 amide bonds. The minimum atomic E-state index is -1.32. The predicted octanol–water partition coefficient (Wildman–Crippen LogP) is 0.973. The third-order valence-electron chi connectivity index (χ3n) is 2.39. The minimum Gasteiger partial charge on any atom is -0.504 e. The van der Waals surface area contributed by atoms with Gasteiger partial charge in [-0.05, 0) is 24.6 Å². The number of hydrogen-bond acceptors (Lipinski definition) is 5. The molecule has 18 heavy (non-hydrogen) atoms. The van der Waals surface area contributed by atoms with E-state index in [4.69, 9.17) is 16.1 Å². The van der Waals surface area contributed by atoms with Gasteiger partial charge in [0, 0.05) is 6.42 Å². The molecule has 1 aromatic rings. The maximum atomic E-state index is 11.0. The SMILES string of the molecule is CC.CC(Cc1ccc(O)c(O)c1)(NN)C(=O)O. The number of hydrogen-bond donors (Lipinski definition) is 5. The highest BCUT2D eigenvalue weighted by Gasteiger charge is 2.32. The Balaban J connectivity index is 0.00000137. The third kappa shape index (κ3) is 3.90. The van der Waals surface area contributed by atoms with Crippen LogP contribution < -0.4 is 11.3 Å². The Kier molecular flexibility index (Phi) is 6.15. The molecule has 0 aliphatic heterocycles. The molecule has 1 atom stereocenters. The molecule has 0 aromatic heterocycles. The Labute approximate surface area is 106 Å². The molecule has 0 bridgehead atoms. The van der Waals surface area contributed by atoms with Crippen molar-refractivity contribution >= 4 is 5.97 Å². The molecule has 0 fully saturated rings. The maximum absolute atomic E-state index is 11.0. The lowest BCUT2D eigenvalue weighted by atomic mass is 9.93. The monoisotopic (exact) mass is 256 g/mol. The highest BCUT2D eigenvalue weighted by molar-refractivity contribution is 5.78. The average Bonchev–Trinajstić information content (AvgIpc) is 2.36. The number of rotatable bonds is 4. The Bertz CT molecular complexity index is 409. The number of aliphatic carboxylic acids is 1. The summed E-state index contributed by atoms with van der Waals surface area (Å²) in [5.74, 6) is 3.55. The number of carboxylic acid groups (broad SMARTS) is 1. The van der Waals surface area contributed by atoms with Crippen LogP contribution in [0.4, 0.5) is 0 Å². The van der Waals surface area contributed by atoms with Crippen molar-refractivity contribution in [2.45, 2.75) is 32.7 Å². The van der Waals surface area contributed by atoms with Crippen LogP contribution in [0.5, 0.6) is 11.5 Å². The van der Waals surface area contributed by atoms with E-state index in [1.165, 1.54) is 25.1 Å². The topological polar surface area (TPSA) is 116 Å². The van der Waals surface area contributed by atoms with Crippen molar-refractivity contribution in [1.82, 2.24) is 5.43 Å². The first-order valence-electron chi connectivity index (χ1n) is 5.61. The predicted molar refractivity (Wildman–Crippen MR) is 68.2 cm³/mol. The Morgan fingerprint density at radius 2 is 1.89 bits per heavy atom. The first kappa shape index (κ1) is 16.2. The lowest BCUT2D eigenvalue weighted by molar-refractivity contribution is -0.144. The van der Waals surface area contributed by atoms with Crippen molar-refractivity contribution in [3.8, 4) is 11.5 Å². The summed E-state index contributed by atoms with van der Waals surface area (Å²) in [6.45, 7) is 5.43. The van der Waals surface area contributed by atoms with Gasteiger partial charge in [-0.25, -0.2) is 5.43 Å². The van der Waals surface area contributed by atoms with E-state index < -0.39 is 11.5 Å². The zero-order valence-corrected chi connectivity index (χ0v) is 10.8. The molecular formula is C12H20N2O4. The second-order valence-electron chi connectivity index (χ2n) is 3.78. The van der Waals surface area contributed by atoms with Crippen LogP contribution in [0, 0.1) is 0 Å². The van der Waals surface area contributed by atoms with Gasteiger partial charge in [-0.1, -0.05) is 19.9 Å². The number of phenolic OH excluding ortho intramolecular Hbond substituents is 2. The summed E-state index contributed by atoms with van der Waals surface area (Å²) in [5, 5.41) is 27.3. The standard InChI is InChI=1S/C10H14N2O4.C2H6/c1-10(12-11,9(15)16)5-6-2-3-7(13)8(14)4-6;1-2/h2-4,12-14H,5,11H2,1H3,(H,15,16);1-2H3. The van der Waals surface area contributed by atoms with Gasteiger partial charge in [0.25, 0.3) is 0 Å². The molecule has 0 heterocycles. The first-order chi connectivity index (χ1) is 8.39. The number of hydrazine groups is 1. The van der Waals surface area contributed by atoms with Crippen molar-refractivity contribution in [2.75, 3.05) is 0 Å². The summed E-state index contributed by atoms with van der Waals surface area (Å²) in [5.41, 5.74) is 1.45. The molecule has 6 nitrogen and oxygen atoms in total. The van der Waals surface area contributed by atoms with Crippen LogP contribution in [0.25, 0.3) is 0 Å². The summed E-state index contributed by atoms with van der Waals surface area (Å²) in [4.78, 5) is 11.0. The zero-order valence-electron chi connectivity index (χ0n) is 10.8. The van der Waals surface area contributed by atoms with Gasteiger partial charge in [-0.15, -0.1) is 0 Å². The number of phenols is 2. The maximum Gasteiger partial charge on any atom is 0.325 e. The van der Waals surface area contributed by atoms with Crippen molar-refractivity contribution in [3.05, 3.63) is 23.8 Å². The van der Waals surface area contributed by atoms with Crippen LogP contribution in [0.15, 0.2) is 18.2 Å². The van der Waals surface area contributed by atoms with Gasteiger partial charge in [0.2, 0.25) is 0 Å². The van der Waals surface area contributed by atoms with Gasteiger partial charge in [0.1, 0.15) is 5.54 Å². The molecule has 1 unspecified atom stereocenters. The van der Waals surface area contributed by atoms with E-state index in [0.717, 1.165) is 0 Å². The van der Waals surface area contributed by atoms with Gasteiger partial charge >= 0.3 is 5.97 Å². The molecule has 6 heteroatoms. The highest BCUT2D eigenvalue weighted by Crippen LogP contribution is 2.26. The van der Waals surface area contributed by atoms with Crippen LogP contribution in [0.3, 0.4) is 0 Å². The molecule has 0 spiro atoms. The fourth-order valence-electron chi connectivity index (χ4n) is 1.28. The number of aromatic hydroxyl groups is 2. The normalized spacial score (nSPS) is 13.1. The number of benzene rings is 1. The lowest BCUT2D eigenvalue weighted by Crippen LogP contribution is -2.54. The van der Waals surface area contributed by atoms with Crippen molar-refractivity contribution < 1.29 is 20.1 Å². The van der Waals surface area contributed by atoms with Crippen LogP contribution in [-0.4, -0.2) is 26.8 Å². The van der Waals surface area contributed by atoms with Crippen LogP contribution in [0.1, 0.15) is 26.3 Å². The van der Waals surface area contributed by atoms with Gasteiger partial charge < -0.3 is 15.3 Å². The van der Waals surface area contributed by atoms with Gasteiger partial charge in [-0.3, -0.25) is 10.6 Å². The molecule has 0 saturated carbocycles. The molecule has 0 radical (unpaired) electrons. The first-order valence-corrected chi connectivity index (χ1v) is 5.61. The quantitative estimate of drug-likeness (QED) is 0.311. The summed E-state index contributed by atoms with van der Waals surface area (Å²) in [6.07, 6.45) is 0.0900. The van der Waals surface area contributed by atoms with Crippen molar-refractivity contribution in [3.63, 3.8) is 0 Å². The summed E-state index contributed by atoms with van der Waals surface area (Å²) < 4.78 is 0. The Morgan fingerprint density at radius 3 is 2.28 bits per heavy atom. The van der Waals surface area contributed by atoms with E-state index in [0.29, 0.717) is 5.56 Å². The van der Waals surface area contributed by atoms with Crippen LogP contribution in [-0.2, 0) is 11.2 Å². The van der Waals surface area contributed by atoms with Crippen LogP contribution in [0.2, 0.25) is 0 Å². The lowest BCUT2D eigenvalue weighted by Gasteiger charge is -2.23. The highest BCUT2D eigenvalue weighted by atomic mass is 16.4. The molecule has 0 aliphatic rings. The fourth-order valence-corrected chi connectivity index (χ4v) is 1.28. The van der Waals surface area contributed by atoms with Crippen molar-refractivity contribution in [1.29, 1.82) is 0 Å². The van der Waals surface area contributed by atoms with E-state index in [1.807, 2.05) is 13.8 Å². The minimum absolute atomic E-state index is 0.0900. The smallest absolute Gasteiger partial charge is 0.325 e. The van der Waals surface area contributed by atoms with E-state index in [1.54, 1.807) is 0 Å². The average molecular weight is 256 g/mol. The second-order valence-corrected chi connectivity index (χ2v) is 3.78. The number of nitrogens with two attached hydrogens (primary N) is 1. The number of carboxylic acids is 1. The molecule has 102 valence electrons.